The van der Waals surface area contributed by atoms with Crippen molar-refractivity contribution in [2.24, 2.45) is 0 Å². The van der Waals surface area contributed by atoms with Gasteiger partial charge in [0.25, 0.3) is 0 Å². The van der Waals surface area contributed by atoms with Crippen LogP contribution in [0.25, 0.3) is 22.0 Å². The number of fused-ring (bicyclic) bond motifs is 4. The molecule has 45 heavy (non-hydrogen) atoms. The largest absolute Gasteiger partial charge is 0.497 e. The molecule has 1 aliphatic rings. The molecule has 0 radical (unpaired) electrons. The Hall–Kier alpha value is -5.32. The summed E-state index contributed by atoms with van der Waals surface area (Å²) in [6, 6.07) is 13.0. The van der Waals surface area contributed by atoms with Crippen LogP contribution in [0.1, 0.15) is 37.4 Å². The number of carbonyl (C=O) groups excluding carboxylic acids is 2. The van der Waals surface area contributed by atoms with Crippen LogP contribution in [-0.2, 0) is 16.0 Å². The number of benzene rings is 2. The Morgan fingerprint density at radius 1 is 0.933 bits per heavy atom. The molecule has 2 atom stereocenters. The van der Waals surface area contributed by atoms with Gasteiger partial charge in [0.05, 0.1) is 57.6 Å². The summed E-state index contributed by atoms with van der Waals surface area (Å²) in [5, 5.41) is 9.77. The molecule has 0 spiro atoms. The van der Waals surface area contributed by atoms with Gasteiger partial charge in [-0.3, -0.25) is 19.4 Å². The first kappa shape index (κ1) is 31.1. The summed E-state index contributed by atoms with van der Waals surface area (Å²) in [5.74, 6) is 1.51. The van der Waals surface area contributed by atoms with Crippen LogP contribution in [0.5, 0.6) is 23.0 Å². The third-order valence-corrected chi connectivity index (χ3v) is 7.84. The summed E-state index contributed by atoms with van der Waals surface area (Å²) in [4.78, 5) is 43.5. The molecular formula is C34H36N4O7. The number of rotatable bonds is 9. The first-order chi connectivity index (χ1) is 21.7. The van der Waals surface area contributed by atoms with Crippen LogP contribution < -0.4 is 40.3 Å². The topological polar surface area (TPSA) is 137 Å². The third kappa shape index (κ3) is 6.33. The number of amides is 2. The lowest BCUT2D eigenvalue weighted by molar-refractivity contribution is -0.119. The van der Waals surface area contributed by atoms with Crippen molar-refractivity contribution in [1.82, 2.24) is 10.3 Å². The molecule has 0 saturated heterocycles. The first-order valence-corrected chi connectivity index (χ1v) is 14.5. The number of aromatic nitrogens is 1. The van der Waals surface area contributed by atoms with E-state index in [2.05, 4.69) is 20.9 Å². The number of nitrogens with zero attached hydrogens (tertiary/aromatic N) is 1. The van der Waals surface area contributed by atoms with E-state index in [-0.39, 0.29) is 22.9 Å². The van der Waals surface area contributed by atoms with Crippen molar-refractivity contribution in [1.29, 1.82) is 0 Å². The van der Waals surface area contributed by atoms with Crippen LogP contribution in [0.4, 0.5) is 11.4 Å². The van der Waals surface area contributed by atoms with Gasteiger partial charge in [0.1, 0.15) is 11.8 Å². The number of anilines is 2. The molecule has 234 valence electrons. The molecule has 0 unspecified atom stereocenters. The zero-order chi connectivity index (χ0) is 32.2. The number of hydrogen-bond donors (Lipinski definition) is 3. The van der Waals surface area contributed by atoms with Crippen molar-refractivity contribution < 1.29 is 28.5 Å². The number of nitrogens with one attached hydrogen (secondary N) is 3. The second-order valence-electron chi connectivity index (χ2n) is 10.7. The van der Waals surface area contributed by atoms with Crippen LogP contribution in [-0.4, -0.2) is 51.3 Å². The average molecular weight is 613 g/mol. The van der Waals surface area contributed by atoms with Crippen LogP contribution >= 0.6 is 0 Å². The van der Waals surface area contributed by atoms with E-state index in [1.807, 2.05) is 30.3 Å². The lowest BCUT2D eigenvalue weighted by Gasteiger charge is -2.19. The fraction of sp³-hybridized carbons (Fsp3) is 0.294. The van der Waals surface area contributed by atoms with Gasteiger partial charge in [-0.25, -0.2) is 0 Å². The van der Waals surface area contributed by atoms with Crippen LogP contribution in [0.2, 0.25) is 0 Å². The predicted molar refractivity (Wildman–Crippen MR) is 173 cm³/mol. The second kappa shape index (κ2) is 13.1. The molecule has 0 bridgehead atoms. The van der Waals surface area contributed by atoms with E-state index in [4.69, 9.17) is 18.9 Å². The maximum atomic E-state index is 13.6. The molecule has 5 rings (SSSR count). The van der Waals surface area contributed by atoms with E-state index in [0.717, 1.165) is 22.0 Å². The van der Waals surface area contributed by atoms with Gasteiger partial charge in [0.2, 0.25) is 23.0 Å². The lowest BCUT2D eigenvalue weighted by Crippen LogP contribution is -2.33. The van der Waals surface area contributed by atoms with Gasteiger partial charge in [-0.2, -0.15) is 0 Å². The van der Waals surface area contributed by atoms with Crippen molar-refractivity contribution in [3.63, 3.8) is 0 Å². The van der Waals surface area contributed by atoms with Gasteiger partial charge in [-0.1, -0.05) is 6.07 Å². The summed E-state index contributed by atoms with van der Waals surface area (Å²) >= 11 is 0. The highest BCUT2D eigenvalue weighted by molar-refractivity contribution is 5.97. The molecule has 0 aliphatic heterocycles. The molecule has 4 aromatic rings. The Labute approximate surface area is 260 Å². The molecule has 11 heteroatoms. The molecular weight excluding hydrogens is 576 g/mol. The Balaban J connectivity index is 1.50. The molecule has 11 nitrogen and oxygen atoms in total. The van der Waals surface area contributed by atoms with Gasteiger partial charge < -0.3 is 34.9 Å². The van der Waals surface area contributed by atoms with E-state index in [1.165, 1.54) is 20.1 Å². The normalized spacial score (nSPS) is 14.2. The average Bonchev–Trinajstić information content (AvgIpc) is 3.27. The van der Waals surface area contributed by atoms with E-state index in [9.17, 15) is 14.4 Å². The minimum absolute atomic E-state index is 0.219. The number of pyridine rings is 1. The quantitative estimate of drug-likeness (QED) is 0.242. The Morgan fingerprint density at radius 3 is 2.40 bits per heavy atom. The summed E-state index contributed by atoms with van der Waals surface area (Å²) in [6.45, 7) is 3.11. The minimum atomic E-state index is -0.774. The van der Waals surface area contributed by atoms with Crippen molar-refractivity contribution in [2.75, 3.05) is 39.1 Å². The maximum Gasteiger partial charge on any atom is 0.246 e. The van der Waals surface area contributed by atoms with E-state index in [0.29, 0.717) is 52.7 Å². The number of hydrogen-bond acceptors (Lipinski definition) is 9. The van der Waals surface area contributed by atoms with Crippen LogP contribution in [0.3, 0.4) is 0 Å². The maximum absolute atomic E-state index is 13.6. The van der Waals surface area contributed by atoms with Gasteiger partial charge in [0.15, 0.2) is 11.5 Å². The van der Waals surface area contributed by atoms with Crippen molar-refractivity contribution in [2.45, 2.75) is 38.8 Å². The Kier molecular flexibility index (Phi) is 9.08. The molecule has 0 saturated carbocycles. The number of ether oxygens (including phenoxy) is 4. The molecule has 2 amide bonds. The lowest BCUT2D eigenvalue weighted by atomic mass is 9.95. The molecule has 1 aliphatic carbocycles. The van der Waals surface area contributed by atoms with Crippen LogP contribution in [0, 0.1) is 0 Å². The Bertz CT molecular complexity index is 1840. The summed E-state index contributed by atoms with van der Waals surface area (Å²) in [7, 11) is 6.23. The summed E-state index contributed by atoms with van der Waals surface area (Å²) in [5.41, 5.74) is 4.12. The molecule has 1 aromatic heterocycles. The van der Waals surface area contributed by atoms with E-state index < -0.39 is 12.1 Å². The van der Waals surface area contributed by atoms with Crippen molar-refractivity contribution in [3.05, 3.63) is 76.1 Å². The van der Waals surface area contributed by atoms with Gasteiger partial charge in [-0.05, 0) is 72.9 Å². The zero-order valence-corrected chi connectivity index (χ0v) is 26.1. The molecule has 0 fully saturated rings. The zero-order valence-electron chi connectivity index (χ0n) is 26.1. The summed E-state index contributed by atoms with van der Waals surface area (Å²) < 4.78 is 22.3. The van der Waals surface area contributed by atoms with Crippen LogP contribution in [0.15, 0.2) is 59.5 Å². The van der Waals surface area contributed by atoms with E-state index in [1.54, 1.807) is 46.6 Å². The van der Waals surface area contributed by atoms with Gasteiger partial charge >= 0.3 is 0 Å². The number of aryl methyl sites for hydroxylation is 1. The highest BCUT2D eigenvalue weighted by Gasteiger charge is 2.29. The smallest absolute Gasteiger partial charge is 0.246 e. The monoisotopic (exact) mass is 612 g/mol. The standard InChI is InChI=1S/C34H36N4O7/c1-18(34(41)38-22-13-20-7-9-23(42-3)15-28(20)35-17-22)36-27-12-10-24-25(16-29(27)40)26(37-19(2)39)11-8-21-14-30(43-4)32(44-5)33(45-6)31(21)24/h7,9-10,12-18,26H,8,11H2,1-6H3,(H,36,40)(H,37,39)(H,38,41)/t18-,26-/m0/s1. The fourth-order valence-electron chi connectivity index (χ4n) is 5.67. The van der Waals surface area contributed by atoms with E-state index >= 15 is 0 Å². The van der Waals surface area contributed by atoms with Gasteiger partial charge in [0, 0.05) is 23.9 Å². The highest BCUT2D eigenvalue weighted by atomic mass is 16.5. The fourth-order valence-corrected chi connectivity index (χ4v) is 5.67. The number of methoxy groups -OCH3 is 4. The minimum Gasteiger partial charge on any atom is -0.497 e. The van der Waals surface area contributed by atoms with Crippen molar-refractivity contribution >= 4 is 34.1 Å². The third-order valence-electron chi connectivity index (χ3n) is 7.84. The molecule has 1 heterocycles. The predicted octanol–water partition coefficient (Wildman–Crippen LogP) is 4.86. The number of carbonyl (C=O) groups is 2. The van der Waals surface area contributed by atoms with Gasteiger partial charge in [-0.15, -0.1) is 0 Å². The SMILES string of the molecule is COc1ccc2cc(NC(=O)[C@H](C)Nc3ccc4c(cc3=O)[C@@H](NC(C)=O)CCc3cc(OC)c(OC)c(OC)c3-4)cnc2c1. The second-order valence-corrected chi connectivity index (χ2v) is 10.7. The van der Waals surface area contributed by atoms with Crippen molar-refractivity contribution in [3.8, 4) is 34.1 Å². The Morgan fingerprint density at radius 2 is 1.71 bits per heavy atom. The first-order valence-electron chi connectivity index (χ1n) is 14.5. The highest BCUT2D eigenvalue weighted by Crippen LogP contribution is 2.50. The molecule has 3 N–H and O–H groups in total. The summed E-state index contributed by atoms with van der Waals surface area (Å²) in [6.07, 6.45) is 2.69. The molecule has 3 aromatic carbocycles.